The summed E-state index contributed by atoms with van der Waals surface area (Å²) in [5.41, 5.74) is 0.993. The molecule has 0 bridgehead atoms. The molecule has 0 fully saturated rings. The monoisotopic (exact) mass is 189 g/mol. The Kier molecular flexibility index (Phi) is 1.90. The number of rotatable bonds is 1. The molecular weight excluding hydrogens is 182 g/mol. The predicted molar refractivity (Wildman–Crippen MR) is 38.3 cm³/mol. The molecule has 3 heteroatoms. The third-order valence-corrected chi connectivity index (χ3v) is 1.71. The minimum atomic E-state index is 0.721. The molecule has 0 spiro atoms. The number of halogens is 1. The molecule has 0 radical (unpaired) electrons. The summed E-state index contributed by atoms with van der Waals surface area (Å²) in [6.45, 7) is 3.88. The van der Waals surface area contributed by atoms with Crippen molar-refractivity contribution in [3.63, 3.8) is 0 Å². The molecule has 1 aromatic rings. The van der Waals surface area contributed by atoms with Gasteiger partial charge in [0.1, 0.15) is 0 Å². The third-order valence-electron chi connectivity index (χ3n) is 1.09. The molecule has 0 atom stereocenters. The molecule has 0 unspecified atom stereocenters. The van der Waals surface area contributed by atoms with E-state index in [1.807, 2.05) is 13.8 Å². The van der Waals surface area contributed by atoms with Crippen molar-refractivity contribution in [2.45, 2.75) is 20.3 Å². The Morgan fingerprint density at radius 2 is 2.33 bits per heavy atom. The molecule has 0 aliphatic carbocycles. The highest BCUT2D eigenvalue weighted by Gasteiger charge is 2.03. The Morgan fingerprint density at radius 1 is 1.67 bits per heavy atom. The fourth-order valence-electron chi connectivity index (χ4n) is 0.663. The molecular formula is C6H8BrNO. The second-order valence-corrected chi connectivity index (χ2v) is 2.53. The van der Waals surface area contributed by atoms with Crippen LogP contribution >= 0.6 is 15.9 Å². The maximum absolute atomic E-state index is 5.11. The van der Waals surface area contributed by atoms with Gasteiger partial charge >= 0.3 is 0 Å². The summed E-state index contributed by atoms with van der Waals surface area (Å²) in [5, 5.41) is 0. The lowest BCUT2D eigenvalue weighted by Gasteiger charge is -1.82. The van der Waals surface area contributed by atoms with Gasteiger partial charge < -0.3 is 4.42 Å². The second kappa shape index (κ2) is 2.52. The number of aromatic nitrogens is 1. The van der Waals surface area contributed by atoms with Crippen LogP contribution in [-0.2, 0) is 6.42 Å². The van der Waals surface area contributed by atoms with Crippen molar-refractivity contribution in [3.05, 3.63) is 16.3 Å². The van der Waals surface area contributed by atoms with Gasteiger partial charge in [0, 0.05) is 6.92 Å². The first-order valence-electron chi connectivity index (χ1n) is 2.86. The number of oxazole rings is 1. The fourth-order valence-corrected chi connectivity index (χ4v) is 1.27. The molecule has 1 heterocycles. The number of hydrogen-bond donors (Lipinski definition) is 0. The van der Waals surface area contributed by atoms with Gasteiger partial charge in [0.25, 0.3) is 0 Å². The zero-order valence-electron chi connectivity index (χ0n) is 5.44. The van der Waals surface area contributed by atoms with Crippen molar-refractivity contribution in [2.24, 2.45) is 0 Å². The van der Waals surface area contributed by atoms with Crippen molar-refractivity contribution < 1.29 is 4.42 Å². The first-order valence-corrected chi connectivity index (χ1v) is 3.65. The Hall–Kier alpha value is -0.310. The van der Waals surface area contributed by atoms with E-state index in [1.54, 1.807) is 0 Å². The molecule has 0 amide bonds. The lowest BCUT2D eigenvalue weighted by molar-refractivity contribution is 0.498. The predicted octanol–water partition coefficient (Wildman–Crippen LogP) is 2.31. The Bertz CT molecular complexity index is 207. The maximum Gasteiger partial charge on any atom is 0.192 e. The van der Waals surface area contributed by atoms with Crippen molar-refractivity contribution in [3.8, 4) is 0 Å². The molecule has 2 nitrogen and oxygen atoms in total. The average Bonchev–Trinajstić information content (AvgIpc) is 2.10. The average molecular weight is 190 g/mol. The quantitative estimate of drug-likeness (QED) is 0.678. The normalized spacial score (nSPS) is 10.1. The molecule has 1 rings (SSSR count). The molecule has 0 aromatic carbocycles. The van der Waals surface area contributed by atoms with E-state index in [4.69, 9.17) is 4.42 Å². The molecule has 0 saturated heterocycles. The van der Waals surface area contributed by atoms with Gasteiger partial charge in [0.05, 0.1) is 5.69 Å². The van der Waals surface area contributed by atoms with Crippen LogP contribution in [0, 0.1) is 6.92 Å². The van der Waals surface area contributed by atoms with Gasteiger partial charge in [-0.1, -0.05) is 6.92 Å². The first-order chi connectivity index (χ1) is 4.24. The summed E-state index contributed by atoms with van der Waals surface area (Å²) in [7, 11) is 0. The van der Waals surface area contributed by atoms with E-state index in [9.17, 15) is 0 Å². The van der Waals surface area contributed by atoms with Gasteiger partial charge in [-0.3, -0.25) is 0 Å². The summed E-state index contributed by atoms with van der Waals surface area (Å²) in [6.07, 6.45) is 0.915. The Morgan fingerprint density at radius 3 is 2.56 bits per heavy atom. The molecule has 0 N–H and O–H groups in total. The number of aryl methyl sites for hydroxylation is 2. The highest BCUT2D eigenvalue weighted by molar-refractivity contribution is 9.10. The van der Waals surface area contributed by atoms with Crippen LogP contribution in [0.1, 0.15) is 18.5 Å². The minimum absolute atomic E-state index is 0.721. The largest absolute Gasteiger partial charge is 0.434 e. The Balaban J connectivity index is 3.01. The smallest absolute Gasteiger partial charge is 0.192 e. The van der Waals surface area contributed by atoms with E-state index in [1.165, 1.54) is 0 Å². The SMILES string of the molecule is CCc1nc(C)oc1Br. The van der Waals surface area contributed by atoms with Crippen LogP contribution in [0.15, 0.2) is 9.09 Å². The van der Waals surface area contributed by atoms with Crippen LogP contribution in [0.5, 0.6) is 0 Å². The van der Waals surface area contributed by atoms with Gasteiger partial charge in [-0.15, -0.1) is 0 Å². The van der Waals surface area contributed by atoms with Gasteiger partial charge in [-0.05, 0) is 22.4 Å². The number of hydrogen-bond acceptors (Lipinski definition) is 2. The van der Waals surface area contributed by atoms with E-state index < -0.39 is 0 Å². The zero-order chi connectivity index (χ0) is 6.85. The van der Waals surface area contributed by atoms with Crippen molar-refractivity contribution >= 4 is 15.9 Å². The summed E-state index contributed by atoms with van der Waals surface area (Å²) in [4.78, 5) is 4.12. The van der Waals surface area contributed by atoms with E-state index in [0.717, 1.165) is 22.7 Å². The molecule has 50 valence electrons. The van der Waals surface area contributed by atoms with E-state index in [2.05, 4.69) is 20.9 Å². The molecule has 1 aromatic heterocycles. The van der Waals surface area contributed by atoms with Crippen molar-refractivity contribution in [1.82, 2.24) is 4.98 Å². The van der Waals surface area contributed by atoms with Crippen LogP contribution in [0.2, 0.25) is 0 Å². The first kappa shape index (κ1) is 6.81. The van der Waals surface area contributed by atoms with Crippen LogP contribution in [-0.4, -0.2) is 4.98 Å². The lowest BCUT2D eigenvalue weighted by atomic mass is 10.4. The summed E-state index contributed by atoms with van der Waals surface area (Å²) < 4.78 is 5.88. The Labute approximate surface area is 62.4 Å². The van der Waals surface area contributed by atoms with Gasteiger partial charge in [-0.25, -0.2) is 4.98 Å². The second-order valence-electron chi connectivity index (χ2n) is 1.81. The maximum atomic E-state index is 5.11. The third kappa shape index (κ3) is 1.33. The van der Waals surface area contributed by atoms with Gasteiger partial charge in [-0.2, -0.15) is 0 Å². The zero-order valence-corrected chi connectivity index (χ0v) is 7.03. The van der Waals surface area contributed by atoms with Crippen molar-refractivity contribution in [2.75, 3.05) is 0 Å². The van der Waals surface area contributed by atoms with Crippen LogP contribution in [0.25, 0.3) is 0 Å². The number of nitrogens with zero attached hydrogens (tertiary/aromatic N) is 1. The highest BCUT2D eigenvalue weighted by Crippen LogP contribution is 2.17. The lowest BCUT2D eigenvalue weighted by Crippen LogP contribution is -1.78. The van der Waals surface area contributed by atoms with Crippen LogP contribution < -0.4 is 0 Å². The van der Waals surface area contributed by atoms with Gasteiger partial charge in [0.15, 0.2) is 10.6 Å². The van der Waals surface area contributed by atoms with Crippen LogP contribution in [0.4, 0.5) is 0 Å². The van der Waals surface area contributed by atoms with E-state index in [-0.39, 0.29) is 0 Å². The van der Waals surface area contributed by atoms with Crippen molar-refractivity contribution in [1.29, 1.82) is 0 Å². The standard InChI is InChI=1S/C6H8BrNO/c1-3-5-6(7)9-4(2)8-5/h3H2,1-2H3. The molecule has 0 aliphatic rings. The minimum Gasteiger partial charge on any atom is -0.434 e. The summed E-state index contributed by atoms with van der Waals surface area (Å²) >= 11 is 3.25. The van der Waals surface area contributed by atoms with Gasteiger partial charge in [0.2, 0.25) is 0 Å². The van der Waals surface area contributed by atoms with Crippen LogP contribution in [0.3, 0.4) is 0 Å². The molecule has 0 saturated carbocycles. The highest BCUT2D eigenvalue weighted by atomic mass is 79.9. The van der Waals surface area contributed by atoms with E-state index >= 15 is 0 Å². The topological polar surface area (TPSA) is 26.0 Å². The summed E-state index contributed by atoms with van der Waals surface area (Å²) in [5.74, 6) is 0.721. The fraction of sp³-hybridized carbons (Fsp3) is 0.500. The molecule has 9 heavy (non-hydrogen) atoms. The van der Waals surface area contributed by atoms with E-state index in [0.29, 0.717) is 0 Å². The summed E-state index contributed by atoms with van der Waals surface area (Å²) in [6, 6.07) is 0. The molecule has 0 aliphatic heterocycles.